The molecule has 0 radical (unpaired) electrons. The number of alkyl halides is 15. The highest BCUT2D eigenvalue weighted by Gasteiger charge is 2.93. The molecule has 0 aromatic carbocycles. The van der Waals surface area contributed by atoms with Gasteiger partial charge in [0.15, 0.2) is 0 Å². The van der Waals surface area contributed by atoms with Crippen LogP contribution in [0.3, 0.4) is 0 Å². The Hall–Kier alpha value is -0.700. The van der Waals surface area contributed by atoms with Gasteiger partial charge in [-0.1, -0.05) is 12.6 Å². The lowest BCUT2D eigenvalue weighted by Gasteiger charge is -2.40. The van der Waals surface area contributed by atoms with E-state index in [2.05, 4.69) is 0 Å². The van der Waals surface area contributed by atoms with Crippen molar-refractivity contribution in [3.63, 3.8) is 0 Å². The summed E-state index contributed by atoms with van der Waals surface area (Å²) in [6.07, 6.45) is -7.59. The Balaban J connectivity index is 6.37. The van der Waals surface area contributed by atoms with Crippen molar-refractivity contribution in [2.75, 3.05) is 0 Å². The topological polar surface area (TPSA) is 0 Å². The second-order valence-corrected chi connectivity index (χ2v) is 4.47. The molecule has 0 heterocycles. The Morgan fingerprint density at radius 1 is 0.348 bits per heavy atom. The van der Waals surface area contributed by atoms with Gasteiger partial charge in [-0.05, 0) is 0 Å². The first-order valence-corrected chi connectivity index (χ1v) is 5.01. The molecule has 0 saturated carbocycles. The highest BCUT2D eigenvalue weighted by atomic mass is 32.1. The molecule has 23 heavy (non-hydrogen) atoms. The Bertz CT molecular complexity index is 400. The van der Waals surface area contributed by atoms with Crippen molar-refractivity contribution in [2.45, 2.75) is 41.0 Å². The third-order valence-corrected chi connectivity index (χ3v) is 2.59. The summed E-state index contributed by atoms with van der Waals surface area (Å²) in [6.45, 7) is 0. The van der Waals surface area contributed by atoms with Crippen molar-refractivity contribution < 1.29 is 65.9 Å². The molecule has 0 aliphatic heterocycles. The van der Waals surface area contributed by atoms with E-state index in [4.69, 9.17) is 0 Å². The zero-order chi connectivity index (χ0) is 19.5. The maximum Gasteiger partial charge on any atom is 0.460 e. The first-order chi connectivity index (χ1) is 9.50. The van der Waals surface area contributed by atoms with Crippen LogP contribution < -0.4 is 0 Å². The maximum atomic E-state index is 12.7. The molecule has 0 spiro atoms. The van der Waals surface area contributed by atoms with E-state index in [1.54, 1.807) is 0 Å². The fourth-order valence-corrected chi connectivity index (χ4v) is 1.10. The second-order valence-electron chi connectivity index (χ2n) is 3.91. The first kappa shape index (κ1) is 22.3. The smallest absolute Gasteiger partial charge is 0.192 e. The van der Waals surface area contributed by atoms with Gasteiger partial charge in [0.2, 0.25) is 0 Å². The summed E-state index contributed by atoms with van der Waals surface area (Å²) < 4.78 is 185. The summed E-state index contributed by atoms with van der Waals surface area (Å²) >= 11 is 1.43. The summed E-state index contributed by atoms with van der Waals surface area (Å²) in [5.41, 5.74) is 0. The fourth-order valence-electron chi connectivity index (χ4n) is 0.958. The van der Waals surface area contributed by atoms with Gasteiger partial charge in [0, 0.05) is 0 Å². The molecular formula is C7HF15S. The average Bonchev–Trinajstić information content (AvgIpc) is 2.24. The molecule has 0 atom stereocenters. The van der Waals surface area contributed by atoms with Crippen LogP contribution in [0.2, 0.25) is 0 Å². The predicted octanol–water partition coefficient (Wildman–Crippen LogP) is 5.25. The molecule has 16 heteroatoms. The fraction of sp³-hybridized carbons (Fsp3) is 1.00. The normalized spacial score (nSPS) is 16.7. The summed E-state index contributed by atoms with van der Waals surface area (Å²) in [4.78, 5) is 0. The summed E-state index contributed by atoms with van der Waals surface area (Å²) in [5, 5.41) is -6.47. The van der Waals surface area contributed by atoms with Crippen molar-refractivity contribution in [1.82, 2.24) is 0 Å². The van der Waals surface area contributed by atoms with E-state index in [0.717, 1.165) is 0 Å². The molecule has 0 nitrogen and oxygen atoms in total. The van der Waals surface area contributed by atoms with Gasteiger partial charge in [0.05, 0.1) is 0 Å². The Kier molecular flexibility index (Phi) is 4.99. The van der Waals surface area contributed by atoms with Crippen molar-refractivity contribution >= 4 is 12.6 Å². The van der Waals surface area contributed by atoms with Gasteiger partial charge in [0.1, 0.15) is 0 Å². The van der Waals surface area contributed by atoms with Gasteiger partial charge >= 0.3 is 41.0 Å². The third kappa shape index (κ3) is 2.79. The number of thiol groups is 1. The van der Waals surface area contributed by atoms with Crippen LogP contribution in [0.15, 0.2) is 0 Å². The molecule has 0 unspecified atom stereocenters. The van der Waals surface area contributed by atoms with E-state index in [-0.39, 0.29) is 0 Å². The van der Waals surface area contributed by atoms with Crippen LogP contribution in [0.1, 0.15) is 0 Å². The zero-order valence-corrected chi connectivity index (χ0v) is 10.5. The highest BCUT2D eigenvalue weighted by molar-refractivity contribution is 7.81. The van der Waals surface area contributed by atoms with Gasteiger partial charge in [-0.2, -0.15) is 65.9 Å². The molecule has 0 aliphatic carbocycles. The van der Waals surface area contributed by atoms with Gasteiger partial charge in [-0.25, -0.2) is 0 Å². The molecule has 0 bridgehead atoms. The van der Waals surface area contributed by atoms with Crippen molar-refractivity contribution in [3.05, 3.63) is 0 Å². The van der Waals surface area contributed by atoms with E-state index in [0.29, 0.717) is 0 Å². The molecule has 0 fully saturated rings. The Labute approximate surface area is 121 Å². The third-order valence-electron chi connectivity index (χ3n) is 2.31. The van der Waals surface area contributed by atoms with Crippen LogP contribution in [0.4, 0.5) is 65.9 Å². The van der Waals surface area contributed by atoms with Crippen molar-refractivity contribution in [1.29, 1.82) is 0 Å². The van der Waals surface area contributed by atoms with Crippen LogP contribution in [-0.2, 0) is 0 Å². The Morgan fingerprint density at radius 3 is 0.783 bits per heavy atom. The molecular weight excluding hydrogens is 401 g/mol. The molecule has 0 aliphatic rings. The highest BCUT2D eigenvalue weighted by Crippen LogP contribution is 2.62. The summed E-state index contributed by atoms with van der Waals surface area (Å²) in [7, 11) is 0. The van der Waals surface area contributed by atoms with E-state index >= 15 is 0 Å². The van der Waals surface area contributed by atoms with Crippen LogP contribution in [0.25, 0.3) is 0 Å². The second kappa shape index (κ2) is 5.15. The average molecular weight is 402 g/mol. The van der Waals surface area contributed by atoms with E-state index in [1.807, 2.05) is 0 Å². The monoisotopic (exact) mass is 402 g/mol. The lowest BCUT2D eigenvalue weighted by Crippen LogP contribution is -2.72. The molecule has 0 amide bonds. The molecule has 0 aromatic heterocycles. The Morgan fingerprint density at radius 2 is 0.565 bits per heavy atom. The minimum absolute atomic E-state index is 1.43. The zero-order valence-electron chi connectivity index (χ0n) is 9.62. The van der Waals surface area contributed by atoms with E-state index < -0.39 is 41.0 Å². The largest absolute Gasteiger partial charge is 0.460 e. The van der Waals surface area contributed by atoms with Gasteiger partial charge < -0.3 is 0 Å². The minimum Gasteiger partial charge on any atom is -0.192 e. The lowest BCUT2D eigenvalue weighted by atomic mass is 9.94. The SMILES string of the molecule is FC(F)(F)C(F)(F)C(F)(F)C(F)(F)C(F)(F)C(F)(F)C(F)(F)S. The van der Waals surface area contributed by atoms with Gasteiger partial charge in [-0.3, -0.25) is 0 Å². The molecule has 0 aromatic rings. The number of halogens is 15. The standard InChI is InChI=1S/C7HF15S/c8-1(9,2(10,11)4(14,15)6(18,19)20)3(12,13)5(16,17)7(21,22)23/h23H. The summed E-state index contributed by atoms with van der Waals surface area (Å²) in [6, 6.07) is 0. The first-order valence-electron chi connectivity index (χ1n) is 4.56. The number of hydrogen-bond donors (Lipinski definition) is 1. The number of hydrogen-bond acceptors (Lipinski definition) is 1. The van der Waals surface area contributed by atoms with Crippen LogP contribution in [-0.4, -0.2) is 41.0 Å². The lowest BCUT2D eigenvalue weighted by molar-refractivity contribution is -0.447. The molecule has 140 valence electrons. The quantitative estimate of drug-likeness (QED) is 0.472. The van der Waals surface area contributed by atoms with Gasteiger partial charge in [-0.15, -0.1) is 0 Å². The van der Waals surface area contributed by atoms with Gasteiger partial charge in [0.25, 0.3) is 0 Å². The van der Waals surface area contributed by atoms with Crippen molar-refractivity contribution in [3.8, 4) is 0 Å². The van der Waals surface area contributed by atoms with E-state index in [1.165, 1.54) is 12.6 Å². The predicted molar refractivity (Wildman–Crippen MR) is 44.7 cm³/mol. The molecule has 0 N–H and O–H groups in total. The van der Waals surface area contributed by atoms with Crippen molar-refractivity contribution in [2.24, 2.45) is 0 Å². The minimum atomic E-state index is -8.24. The number of rotatable bonds is 5. The van der Waals surface area contributed by atoms with E-state index in [9.17, 15) is 65.9 Å². The summed E-state index contributed by atoms with van der Waals surface area (Å²) in [5.74, 6) is -39.9. The maximum absolute atomic E-state index is 12.7. The molecule has 0 rings (SSSR count). The van der Waals surface area contributed by atoms with Crippen LogP contribution in [0, 0.1) is 0 Å². The van der Waals surface area contributed by atoms with Crippen LogP contribution in [0.5, 0.6) is 0 Å². The molecule has 0 saturated heterocycles. The van der Waals surface area contributed by atoms with Crippen LogP contribution >= 0.6 is 12.6 Å².